The number of nitrogens with two attached hydrogens (primary N) is 1. The van der Waals surface area contributed by atoms with Gasteiger partial charge in [0.15, 0.2) is 0 Å². The molecular weight excluding hydrogens is 200 g/mol. The Bertz CT molecular complexity index is 410. The van der Waals surface area contributed by atoms with Gasteiger partial charge in [0.05, 0.1) is 11.3 Å². The van der Waals surface area contributed by atoms with Crippen molar-refractivity contribution in [3.63, 3.8) is 0 Å². The zero-order chi connectivity index (χ0) is 11.5. The highest BCUT2D eigenvalue weighted by atomic mass is 15.1. The Morgan fingerprint density at radius 1 is 1.56 bits per heavy atom. The second-order valence-corrected chi connectivity index (χ2v) is 4.34. The lowest BCUT2D eigenvalue weighted by molar-refractivity contribution is 0.631. The standard InChI is InChI=1S/C12H16N4/c1-16(11-3-2-10(14)6-11)12-4-5-15-8-9(12)7-13/h4-5,8,10-11H,2-3,6,14H2,1H3. The molecule has 0 aliphatic heterocycles. The average molecular weight is 216 g/mol. The molecule has 2 N–H and O–H groups in total. The topological polar surface area (TPSA) is 65.9 Å². The highest BCUT2D eigenvalue weighted by Gasteiger charge is 2.26. The minimum atomic E-state index is 0.305. The summed E-state index contributed by atoms with van der Waals surface area (Å²) < 4.78 is 0. The Balaban J connectivity index is 2.21. The van der Waals surface area contributed by atoms with Crippen LogP contribution in [0.3, 0.4) is 0 Å². The van der Waals surface area contributed by atoms with Crippen LogP contribution < -0.4 is 10.6 Å². The van der Waals surface area contributed by atoms with Gasteiger partial charge in [-0.2, -0.15) is 5.26 Å². The van der Waals surface area contributed by atoms with Crippen LogP contribution in [0.25, 0.3) is 0 Å². The summed E-state index contributed by atoms with van der Waals surface area (Å²) in [6, 6.07) is 4.82. The fourth-order valence-corrected chi connectivity index (χ4v) is 2.32. The number of rotatable bonds is 2. The van der Waals surface area contributed by atoms with Crippen molar-refractivity contribution in [2.75, 3.05) is 11.9 Å². The first kappa shape index (κ1) is 10.9. The SMILES string of the molecule is CN(c1ccncc1C#N)C1CCC(N)C1. The predicted octanol–water partition coefficient (Wildman–Crippen LogP) is 1.27. The maximum Gasteiger partial charge on any atom is 0.103 e. The van der Waals surface area contributed by atoms with E-state index in [0.29, 0.717) is 17.6 Å². The van der Waals surface area contributed by atoms with Gasteiger partial charge in [-0.25, -0.2) is 0 Å². The molecule has 1 fully saturated rings. The number of nitrogens with zero attached hydrogens (tertiary/aromatic N) is 3. The van der Waals surface area contributed by atoms with E-state index >= 15 is 0 Å². The third kappa shape index (κ3) is 2.00. The third-order valence-corrected chi connectivity index (χ3v) is 3.29. The van der Waals surface area contributed by atoms with Crippen LogP contribution in [0, 0.1) is 11.3 Å². The lowest BCUT2D eigenvalue weighted by atomic mass is 10.1. The Morgan fingerprint density at radius 3 is 3.00 bits per heavy atom. The number of aromatic nitrogens is 1. The molecule has 1 saturated carbocycles. The predicted molar refractivity (Wildman–Crippen MR) is 63.0 cm³/mol. The van der Waals surface area contributed by atoms with Crippen LogP contribution in [-0.2, 0) is 0 Å². The van der Waals surface area contributed by atoms with Crippen molar-refractivity contribution in [3.05, 3.63) is 24.0 Å². The molecule has 1 aromatic heterocycles. The zero-order valence-electron chi connectivity index (χ0n) is 9.43. The molecule has 1 aromatic rings. The van der Waals surface area contributed by atoms with Crippen molar-refractivity contribution in [2.45, 2.75) is 31.3 Å². The monoisotopic (exact) mass is 216 g/mol. The molecule has 0 bridgehead atoms. The second kappa shape index (κ2) is 4.50. The number of hydrogen-bond acceptors (Lipinski definition) is 4. The van der Waals surface area contributed by atoms with Crippen molar-refractivity contribution >= 4 is 5.69 Å². The Hall–Kier alpha value is -1.60. The van der Waals surface area contributed by atoms with E-state index in [4.69, 9.17) is 11.0 Å². The fraction of sp³-hybridized carbons (Fsp3) is 0.500. The van der Waals surface area contributed by atoms with Gasteiger partial charge in [0.25, 0.3) is 0 Å². The highest BCUT2D eigenvalue weighted by molar-refractivity contribution is 5.58. The van der Waals surface area contributed by atoms with Crippen LogP contribution in [-0.4, -0.2) is 24.1 Å². The van der Waals surface area contributed by atoms with Crippen LogP contribution in [0.15, 0.2) is 18.5 Å². The number of hydrogen-bond donors (Lipinski definition) is 1. The minimum absolute atomic E-state index is 0.305. The molecule has 16 heavy (non-hydrogen) atoms. The van der Waals surface area contributed by atoms with E-state index in [1.54, 1.807) is 12.4 Å². The van der Waals surface area contributed by atoms with E-state index in [0.717, 1.165) is 24.9 Å². The smallest absolute Gasteiger partial charge is 0.103 e. The van der Waals surface area contributed by atoms with E-state index in [1.165, 1.54) is 0 Å². The molecule has 0 radical (unpaired) electrons. The van der Waals surface area contributed by atoms with Crippen LogP contribution in [0.4, 0.5) is 5.69 Å². The van der Waals surface area contributed by atoms with Crippen LogP contribution in [0.1, 0.15) is 24.8 Å². The molecule has 0 spiro atoms. The first-order valence-electron chi connectivity index (χ1n) is 5.55. The van der Waals surface area contributed by atoms with Crippen LogP contribution in [0.2, 0.25) is 0 Å². The van der Waals surface area contributed by atoms with Gasteiger partial charge >= 0.3 is 0 Å². The summed E-state index contributed by atoms with van der Waals surface area (Å²) in [4.78, 5) is 6.13. The molecule has 0 amide bonds. The summed E-state index contributed by atoms with van der Waals surface area (Å²) in [7, 11) is 2.03. The van der Waals surface area contributed by atoms with Crippen molar-refractivity contribution in [1.82, 2.24) is 4.98 Å². The van der Waals surface area contributed by atoms with E-state index < -0.39 is 0 Å². The molecule has 1 heterocycles. The summed E-state index contributed by atoms with van der Waals surface area (Å²) in [6.07, 6.45) is 6.51. The lowest BCUT2D eigenvalue weighted by Crippen LogP contribution is -2.31. The van der Waals surface area contributed by atoms with Crippen molar-refractivity contribution < 1.29 is 0 Å². The van der Waals surface area contributed by atoms with Gasteiger partial charge in [-0.05, 0) is 25.3 Å². The Kier molecular flexibility index (Phi) is 3.07. The van der Waals surface area contributed by atoms with Crippen molar-refractivity contribution in [1.29, 1.82) is 5.26 Å². The first-order chi connectivity index (χ1) is 7.72. The zero-order valence-corrected chi connectivity index (χ0v) is 9.43. The maximum atomic E-state index is 9.02. The Morgan fingerprint density at radius 2 is 2.38 bits per heavy atom. The van der Waals surface area contributed by atoms with Crippen molar-refractivity contribution in [2.24, 2.45) is 5.73 Å². The van der Waals surface area contributed by atoms with Crippen molar-refractivity contribution in [3.8, 4) is 6.07 Å². The quantitative estimate of drug-likeness (QED) is 0.808. The minimum Gasteiger partial charge on any atom is -0.370 e. The number of nitriles is 1. The van der Waals surface area contributed by atoms with Crippen LogP contribution >= 0.6 is 0 Å². The molecule has 84 valence electrons. The van der Waals surface area contributed by atoms with Gasteiger partial charge in [-0.1, -0.05) is 0 Å². The molecule has 4 heteroatoms. The molecule has 2 unspecified atom stereocenters. The molecule has 0 saturated heterocycles. The van der Waals surface area contributed by atoms with E-state index in [2.05, 4.69) is 16.0 Å². The van der Waals surface area contributed by atoms with E-state index in [9.17, 15) is 0 Å². The van der Waals surface area contributed by atoms with Gasteiger partial charge in [0.2, 0.25) is 0 Å². The van der Waals surface area contributed by atoms with E-state index in [1.807, 2.05) is 13.1 Å². The summed E-state index contributed by atoms with van der Waals surface area (Å²) >= 11 is 0. The summed E-state index contributed by atoms with van der Waals surface area (Å²) in [5.41, 5.74) is 7.49. The highest BCUT2D eigenvalue weighted by Crippen LogP contribution is 2.27. The first-order valence-corrected chi connectivity index (χ1v) is 5.55. The molecule has 2 rings (SSSR count). The summed E-state index contributed by atoms with van der Waals surface area (Å²) in [6.45, 7) is 0. The largest absolute Gasteiger partial charge is 0.370 e. The normalized spacial score (nSPS) is 24.1. The van der Waals surface area contributed by atoms with Gasteiger partial charge < -0.3 is 10.6 Å². The summed E-state index contributed by atoms with van der Waals surface area (Å²) in [5.74, 6) is 0. The Labute approximate surface area is 95.7 Å². The molecule has 1 aliphatic carbocycles. The maximum absolute atomic E-state index is 9.02. The molecular formula is C12H16N4. The van der Waals surface area contributed by atoms with Gasteiger partial charge in [0.1, 0.15) is 6.07 Å². The molecule has 0 aromatic carbocycles. The fourth-order valence-electron chi connectivity index (χ4n) is 2.32. The van der Waals surface area contributed by atoms with Gasteiger partial charge in [-0.3, -0.25) is 4.98 Å². The number of anilines is 1. The van der Waals surface area contributed by atoms with Crippen LogP contribution in [0.5, 0.6) is 0 Å². The third-order valence-electron chi connectivity index (χ3n) is 3.29. The summed E-state index contributed by atoms with van der Waals surface area (Å²) in [5, 5.41) is 9.02. The van der Waals surface area contributed by atoms with Gasteiger partial charge in [0, 0.05) is 31.5 Å². The number of pyridine rings is 1. The average Bonchev–Trinajstić information content (AvgIpc) is 2.75. The molecule has 2 atom stereocenters. The molecule has 1 aliphatic rings. The molecule has 4 nitrogen and oxygen atoms in total. The lowest BCUT2D eigenvalue weighted by Gasteiger charge is -2.27. The second-order valence-electron chi connectivity index (χ2n) is 4.34. The van der Waals surface area contributed by atoms with Gasteiger partial charge in [-0.15, -0.1) is 0 Å². The van der Waals surface area contributed by atoms with E-state index in [-0.39, 0.29) is 0 Å².